The monoisotopic (exact) mass is 389 g/mol. The lowest BCUT2D eigenvalue weighted by atomic mass is 10.1. The number of amides is 1. The van der Waals surface area contributed by atoms with Crippen molar-refractivity contribution in [3.05, 3.63) is 26.2 Å². The van der Waals surface area contributed by atoms with E-state index in [9.17, 15) is 4.79 Å². The lowest BCUT2D eigenvalue weighted by molar-refractivity contribution is -0.117. The third-order valence-electron chi connectivity index (χ3n) is 2.56. The van der Waals surface area contributed by atoms with Crippen molar-refractivity contribution in [2.75, 3.05) is 11.4 Å². The predicted molar refractivity (Wildman–Crippen MR) is 76.2 cm³/mol. The number of benzene rings is 1. The van der Waals surface area contributed by atoms with Gasteiger partial charge < -0.3 is 4.90 Å². The molecule has 1 heterocycles. The molecule has 1 saturated heterocycles. The molecule has 1 aliphatic rings. The lowest BCUT2D eigenvalue weighted by Crippen LogP contribution is -2.25. The van der Waals surface area contributed by atoms with Gasteiger partial charge in [-0.1, -0.05) is 15.9 Å². The predicted octanol–water partition coefficient (Wildman–Crippen LogP) is 3.04. The molecule has 0 radical (unpaired) electrons. The maximum Gasteiger partial charge on any atom is 0.228 e. The van der Waals surface area contributed by atoms with E-state index in [0.29, 0.717) is 13.0 Å². The number of nitrogens with zero attached hydrogens (tertiary/aromatic N) is 1. The zero-order valence-electron chi connectivity index (χ0n) is 8.41. The summed E-state index contributed by atoms with van der Waals surface area (Å²) in [5.41, 5.74) is 0.942. The van der Waals surface area contributed by atoms with Crippen LogP contribution in [0.5, 0.6) is 0 Å². The van der Waals surface area contributed by atoms with Crippen molar-refractivity contribution < 1.29 is 4.79 Å². The van der Waals surface area contributed by atoms with Crippen LogP contribution in [0.1, 0.15) is 6.42 Å². The van der Waals surface area contributed by atoms with E-state index in [0.717, 1.165) is 13.7 Å². The average molecular weight is 390 g/mol. The molecule has 1 amide bonds. The van der Waals surface area contributed by atoms with Gasteiger partial charge in [0.1, 0.15) is 0 Å². The Bertz CT molecular complexity index is 480. The van der Waals surface area contributed by atoms with Crippen LogP contribution in [-0.2, 0) is 4.79 Å². The van der Waals surface area contributed by atoms with Crippen LogP contribution in [0.15, 0.2) is 22.7 Å². The minimum Gasteiger partial charge on any atom is -0.310 e. The third kappa shape index (κ3) is 2.25. The van der Waals surface area contributed by atoms with Crippen molar-refractivity contribution >= 4 is 50.1 Å². The van der Waals surface area contributed by atoms with Gasteiger partial charge in [0, 0.05) is 26.9 Å². The first kappa shape index (κ1) is 11.9. The number of carbonyl (C=O) groups is 1. The molecule has 82 valence electrons. The van der Waals surface area contributed by atoms with Crippen molar-refractivity contribution in [2.45, 2.75) is 6.42 Å². The van der Waals surface area contributed by atoms with E-state index >= 15 is 0 Å². The molecule has 16 heavy (non-hydrogen) atoms. The van der Waals surface area contributed by atoms with E-state index in [2.05, 4.69) is 44.4 Å². The van der Waals surface area contributed by atoms with Gasteiger partial charge in [0.25, 0.3) is 0 Å². The summed E-state index contributed by atoms with van der Waals surface area (Å²) in [7, 11) is 0. The Balaban J connectivity index is 2.35. The minimum atomic E-state index is 0.0438. The molecule has 1 fully saturated rings. The fraction of sp³-hybridized carbons (Fsp3) is 0.250. The van der Waals surface area contributed by atoms with Crippen molar-refractivity contribution in [1.82, 2.24) is 0 Å². The second kappa shape index (κ2) is 4.76. The number of carbonyl (C=O) groups excluding carboxylic acids is 1. The Morgan fingerprint density at radius 3 is 2.94 bits per heavy atom. The molecule has 0 spiro atoms. The van der Waals surface area contributed by atoms with Gasteiger partial charge in [0.2, 0.25) is 5.91 Å². The van der Waals surface area contributed by atoms with E-state index in [1.165, 1.54) is 0 Å². The molecule has 1 unspecified atom stereocenters. The molecule has 0 N–H and O–H groups in total. The zero-order valence-corrected chi connectivity index (χ0v) is 12.2. The largest absolute Gasteiger partial charge is 0.310 e. The highest BCUT2D eigenvalue weighted by Gasteiger charge is 2.30. The highest BCUT2D eigenvalue weighted by atomic mass is 127. The highest BCUT2D eigenvalue weighted by Crippen LogP contribution is 2.31. The molecule has 0 saturated carbocycles. The smallest absolute Gasteiger partial charge is 0.228 e. The van der Waals surface area contributed by atoms with Crippen LogP contribution in [0.3, 0.4) is 0 Å². The second-order valence-electron chi connectivity index (χ2n) is 3.67. The topological polar surface area (TPSA) is 20.3 Å². The average Bonchev–Trinajstić information content (AvgIpc) is 2.63. The summed E-state index contributed by atoms with van der Waals surface area (Å²) in [6.45, 7) is 0.627. The van der Waals surface area contributed by atoms with E-state index in [1.807, 2.05) is 18.2 Å². The quantitative estimate of drug-likeness (QED) is 0.534. The molecule has 2 nitrogen and oxygen atoms in total. The fourth-order valence-electron chi connectivity index (χ4n) is 1.74. The first-order valence-corrected chi connectivity index (χ1v) is 6.70. The van der Waals surface area contributed by atoms with Crippen molar-refractivity contribution in [1.29, 1.82) is 0 Å². The molecular formula is C12H9BrINO. The maximum absolute atomic E-state index is 11.8. The highest BCUT2D eigenvalue weighted by molar-refractivity contribution is 14.1. The standard InChI is InChI=1S/C12H9BrINO/c1-2-8-5-12(16)15(7-8)11-6-9(13)3-4-10(11)14/h1,3-4,6,8H,5,7H2. The van der Waals surface area contributed by atoms with Crippen LogP contribution in [-0.4, -0.2) is 12.5 Å². The van der Waals surface area contributed by atoms with Gasteiger partial charge in [-0.05, 0) is 40.8 Å². The number of terminal acetylenes is 1. The van der Waals surface area contributed by atoms with Crippen LogP contribution >= 0.6 is 38.5 Å². The first-order chi connectivity index (χ1) is 7.61. The van der Waals surface area contributed by atoms with Crippen LogP contribution in [0.4, 0.5) is 5.69 Å². The van der Waals surface area contributed by atoms with Crippen molar-refractivity contribution in [3.63, 3.8) is 0 Å². The summed E-state index contributed by atoms with van der Waals surface area (Å²) in [4.78, 5) is 13.6. The second-order valence-corrected chi connectivity index (χ2v) is 5.75. The maximum atomic E-state index is 11.8. The Morgan fingerprint density at radius 1 is 1.56 bits per heavy atom. The molecule has 4 heteroatoms. The fourth-order valence-corrected chi connectivity index (χ4v) is 2.72. The van der Waals surface area contributed by atoms with Gasteiger partial charge in [-0.3, -0.25) is 4.79 Å². The summed E-state index contributed by atoms with van der Waals surface area (Å²) < 4.78 is 2.03. The summed E-state index contributed by atoms with van der Waals surface area (Å²) in [5, 5.41) is 0. The molecule has 1 atom stereocenters. The van der Waals surface area contributed by atoms with Crippen LogP contribution in [0.2, 0.25) is 0 Å². The number of hydrogen-bond acceptors (Lipinski definition) is 1. The van der Waals surface area contributed by atoms with Crippen molar-refractivity contribution in [3.8, 4) is 12.3 Å². The molecule has 1 aromatic rings. The first-order valence-electron chi connectivity index (χ1n) is 4.83. The SMILES string of the molecule is C#CC1CC(=O)N(c2cc(Br)ccc2I)C1. The van der Waals surface area contributed by atoms with Gasteiger partial charge in [-0.15, -0.1) is 12.3 Å². The van der Waals surface area contributed by atoms with Gasteiger partial charge in [0.15, 0.2) is 0 Å². The van der Waals surface area contributed by atoms with Crippen LogP contribution in [0.25, 0.3) is 0 Å². The molecule has 1 aliphatic heterocycles. The van der Waals surface area contributed by atoms with E-state index in [4.69, 9.17) is 6.42 Å². The molecular weight excluding hydrogens is 381 g/mol. The molecule has 0 aromatic heterocycles. The summed E-state index contributed by atoms with van der Waals surface area (Å²) in [6.07, 6.45) is 5.82. The van der Waals surface area contributed by atoms with E-state index in [-0.39, 0.29) is 11.8 Å². The summed E-state index contributed by atoms with van der Waals surface area (Å²) in [6, 6.07) is 5.90. The number of anilines is 1. The van der Waals surface area contributed by atoms with E-state index < -0.39 is 0 Å². The normalized spacial score (nSPS) is 19.9. The Labute approximate surface area is 117 Å². The van der Waals surface area contributed by atoms with E-state index in [1.54, 1.807) is 4.90 Å². The van der Waals surface area contributed by atoms with Crippen LogP contribution in [0, 0.1) is 21.8 Å². The molecule has 2 rings (SSSR count). The van der Waals surface area contributed by atoms with Gasteiger partial charge >= 0.3 is 0 Å². The number of halogens is 2. The number of rotatable bonds is 1. The molecule has 0 bridgehead atoms. The lowest BCUT2D eigenvalue weighted by Gasteiger charge is -2.18. The summed E-state index contributed by atoms with van der Waals surface area (Å²) >= 11 is 5.64. The van der Waals surface area contributed by atoms with Gasteiger partial charge in [-0.25, -0.2) is 0 Å². The Kier molecular flexibility index (Phi) is 3.55. The third-order valence-corrected chi connectivity index (χ3v) is 3.97. The number of hydrogen-bond donors (Lipinski definition) is 0. The summed E-state index contributed by atoms with van der Waals surface area (Å²) in [5.74, 6) is 2.81. The van der Waals surface area contributed by atoms with Gasteiger partial charge in [0.05, 0.1) is 5.69 Å². The molecule has 0 aliphatic carbocycles. The van der Waals surface area contributed by atoms with Gasteiger partial charge in [-0.2, -0.15) is 0 Å². The Morgan fingerprint density at radius 2 is 2.31 bits per heavy atom. The Hall–Kier alpha value is -0.540. The minimum absolute atomic E-state index is 0.0438. The molecule has 1 aromatic carbocycles. The zero-order chi connectivity index (χ0) is 11.7. The van der Waals surface area contributed by atoms with Crippen LogP contribution < -0.4 is 4.90 Å². The van der Waals surface area contributed by atoms with Crippen molar-refractivity contribution in [2.24, 2.45) is 5.92 Å².